The number of hydrogen-bond donors (Lipinski definition) is 1. The summed E-state index contributed by atoms with van der Waals surface area (Å²) < 4.78 is 4.89. The van der Waals surface area contributed by atoms with E-state index in [2.05, 4.69) is 0 Å². The molecular weight excluding hydrogens is 222 g/mol. The molecule has 1 fully saturated rings. The van der Waals surface area contributed by atoms with Gasteiger partial charge in [-0.25, -0.2) is 9.59 Å². The fraction of sp³-hybridized carbons (Fsp3) is 0.333. The van der Waals surface area contributed by atoms with Gasteiger partial charge in [0, 0.05) is 13.5 Å². The molecule has 5 nitrogen and oxygen atoms in total. The standard InChI is InChI=1S/C12H13NO4/c1-13-10(5-6-17-12(13)16)8-3-2-4-9(7-8)11(14)15/h2-4,7,10H,5-6H2,1H3,(H,14,15). The average molecular weight is 235 g/mol. The summed E-state index contributed by atoms with van der Waals surface area (Å²) in [5.74, 6) is -0.965. The molecule has 0 radical (unpaired) electrons. The molecule has 1 aliphatic rings. The van der Waals surface area contributed by atoms with Crippen molar-refractivity contribution in [1.82, 2.24) is 4.90 Å². The van der Waals surface area contributed by atoms with Crippen LogP contribution in [0.1, 0.15) is 28.4 Å². The number of amides is 1. The van der Waals surface area contributed by atoms with Crippen LogP contribution in [0.25, 0.3) is 0 Å². The molecule has 2 rings (SSSR count). The normalized spacial score (nSPS) is 19.9. The van der Waals surface area contributed by atoms with E-state index in [0.29, 0.717) is 13.0 Å². The predicted molar refractivity (Wildman–Crippen MR) is 59.9 cm³/mol. The number of benzene rings is 1. The molecule has 1 heterocycles. The summed E-state index contributed by atoms with van der Waals surface area (Å²) in [6, 6.07) is 6.53. The lowest BCUT2D eigenvalue weighted by atomic mass is 10.00. The second kappa shape index (κ2) is 4.45. The van der Waals surface area contributed by atoms with Crippen molar-refractivity contribution < 1.29 is 19.4 Å². The van der Waals surface area contributed by atoms with Crippen molar-refractivity contribution in [3.63, 3.8) is 0 Å². The Bertz CT molecular complexity index is 458. The van der Waals surface area contributed by atoms with E-state index < -0.39 is 5.97 Å². The number of aromatic carboxylic acids is 1. The summed E-state index contributed by atoms with van der Waals surface area (Å²) in [6.07, 6.45) is 0.299. The number of carboxylic acid groups (broad SMARTS) is 1. The lowest BCUT2D eigenvalue weighted by Gasteiger charge is -2.32. The lowest BCUT2D eigenvalue weighted by Crippen LogP contribution is -2.37. The summed E-state index contributed by atoms with van der Waals surface area (Å²) in [7, 11) is 1.65. The summed E-state index contributed by atoms with van der Waals surface area (Å²) in [6.45, 7) is 0.366. The number of carbonyl (C=O) groups is 2. The van der Waals surface area contributed by atoms with Crippen molar-refractivity contribution >= 4 is 12.1 Å². The van der Waals surface area contributed by atoms with Crippen LogP contribution in [0.2, 0.25) is 0 Å². The van der Waals surface area contributed by atoms with E-state index in [1.807, 2.05) is 6.07 Å². The van der Waals surface area contributed by atoms with Gasteiger partial charge in [0.2, 0.25) is 0 Å². The number of rotatable bonds is 2. The number of carbonyl (C=O) groups excluding carboxylic acids is 1. The third-order valence-corrected chi connectivity index (χ3v) is 2.89. The molecule has 0 bridgehead atoms. The Kier molecular flexibility index (Phi) is 2.99. The molecule has 1 N–H and O–H groups in total. The maximum absolute atomic E-state index is 11.4. The molecule has 17 heavy (non-hydrogen) atoms. The Balaban J connectivity index is 2.29. The first-order chi connectivity index (χ1) is 8.09. The van der Waals surface area contributed by atoms with E-state index >= 15 is 0 Å². The van der Waals surface area contributed by atoms with Gasteiger partial charge in [0.05, 0.1) is 18.2 Å². The van der Waals surface area contributed by atoms with E-state index in [1.165, 1.54) is 11.0 Å². The van der Waals surface area contributed by atoms with Crippen LogP contribution in [0.15, 0.2) is 24.3 Å². The first-order valence-electron chi connectivity index (χ1n) is 5.32. The first kappa shape index (κ1) is 11.4. The average Bonchev–Trinajstić information content (AvgIpc) is 2.33. The van der Waals surface area contributed by atoms with Gasteiger partial charge in [0.15, 0.2) is 0 Å². The van der Waals surface area contributed by atoms with Crippen molar-refractivity contribution in [2.45, 2.75) is 12.5 Å². The van der Waals surface area contributed by atoms with Gasteiger partial charge in [-0.05, 0) is 17.7 Å². The maximum atomic E-state index is 11.4. The third-order valence-electron chi connectivity index (χ3n) is 2.89. The van der Waals surface area contributed by atoms with E-state index in [0.717, 1.165) is 5.56 Å². The van der Waals surface area contributed by atoms with Gasteiger partial charge in [-0.2, -0.15) is 0 Å². The van der Waals surface area contributed by atoms with E-state index in [-0.39, 0.29) is 17.7 Å². The number of cyclic esters (lactones) is 1. The van der Waals surface area contributed by atoms with Crippen LogP contribution in [-0.2, 0) is 4.74 Å². The number of nitrogens with zero attached hydrogens (tertiary/aromatic N) is 1. The fourth-order valence-electron chi connectivity index (χ4n) is 1.95. The summed E-state index contributed by atoms with van der Waals surface area (Å²) in [4.78, 5) is 23.8. The first-order valence-corrected chi connectivity index (χ1v) is 5.32. The van der Waals surface area contributed by atoms with Crippen LogP contribution >= 0.6 is 0 Å². The van der Waals surface area contributed by atoms with Crippen molar-refractivity contribution in [3.8, 4) is 0 Å². The quantitative estimate of drug-likeness (QED) is 0.850. The van der Waals surface area contributed by atoms with Gasteiger partial charge < -0.3 is 14.7 Å². The van der Waals surface area contributed by atoms with Crippen molar-refractivity contribution in [1.29, 1.82) is 0 Å². The molecule has 1 aromatic carbocycles. The van der Waals surface area contributed by atoms with Crippen LogP contribution in [0.5, 0.6) is 0 Å². The van der Waals surface area contributed by atoms with Gasteiger partial charge >= 0.3 is 12.1 Å². The number of ether oxygens (including phenoxy) is 1. The van der Waals surface area contributed by atoms with Crippen LogP contribution < -0.4 is 0 Å². The highest BCUT2D eigenvalue weighted by Gasteiger charge is 2.27. The monoisotopic (exact) mass is 235 g/mol. The molecule has 1 saturated heterocycles. The zero-order valence-corrected chi connectivity index (χ0v) is 9.42. The highest BCUT2D eigenvalue weighted by molar-refractivity contribution is 5.87. The van der Waals surface area contributed by atoms with Crippen molar-refractivity contribution in [3.05, 3.63) is 35.4 Å². The largest absolute Gasteiger partial charge is 0.478 e. The molecule has 1 aromatic rings. The van der Waals surface area contributed by atoms with Gasteiger partial charge in [0.25, 0.3) is 0 Å². The molecule has 1 aliphatic heterocycles. The van der Waals surface area contributed by atoms with E-state index in [9.17, 15) is 9.59 Å². The molecule has 1 amide bonds. The Morgan fingerprint density at radius 3 is 3.00 bits per heavy atom. The van der Waals surface area contributed by atoms with Crippen LogP contribution in [-0.4, -0.2) is 35.7 Å². The zero-order valence-electron chi connectivity index (χ0n) is 9.42. The van der Waals surface area contributed by atoms with Crippen molar-refractivity contribution in [2.75, 3.05) is 13.7 Å². The molecule has 5 heteroatoms. The third kappa shape index (κ3) is 2.22. The molecule has 90 valence electrons. The summed E-state index contributed by atoms with van der Waals surface area (Å²) >= 11 is 0. The van der Waals surface area contributed by atoms with E-state index in [4.69, 9.17) is 9.84 Å². The van der Waals surface area contributed by atoms with E-state index in [1.54, 1.807) is 19.2 Å². The van der Waals surface area contributed by atoms with Gasteiger partial charge in [0.1, 0.15) is 0 Å². The lowest BCUT2D eigenvalue weighted by molar-refractivity contribution is 0.0559. The number of carboxylic acids is 1. The van der Waals surface area contributed by atoms with Crippen LogP contribution in [0, 0.1) is 0 Å². The summed E-state index contributed by atoms with van der Waals surface area (Å²) in [5, 5.41) is 8.92. The molecule has 1 unspecified atom stereocenters. The predicted octanol–water partition coefficient (Wildman–Crippen LogP) is 1.90. The molecule has 0 spiro atoms. The van der Waals surface area contributed by atoms with Gasteiger partial charge in [-0.3, -0.25) is 0 Å². The van der Waals surface area contributed by atoms with Crippen LogP contribution in [0.4, 0.5) is 4.79 Å². The van der Waals surface area contributed by atoms with Gasteiger partial charge in [-0.15, -0.1) is 0 Å². The second-order valence-electron chi connectivity index (χ2n) is 3.96. The molecule has 0 aromatic heterocycles. The van der Waals surface area contributed by atoms with Gasteiger partial charge in [-0.1, -0.05) is 12.1 Å². The minimum absolute atomic E-state index is 0.115. The SMILES string of the molecule is CN1C(=O)OCCC1c1cccc(C(=O)O)c1. The Labute approximate surface area is 98.6 Å². The Hall–Kier alpha value is -2.04. The summed E-state index contributed by atoms with van der Waals surface area (Å²) in [5.41, 5.74) is 1.05. The fourth-order valence-corrected chi connectivity index (χ4v) is 1.95. The Morgan fingerprint density at radius 2 is 2.29 bits per heavy atom. The smallest absolute Gasteiger partial charge is 0.410 e. The minimum Gasteiger partial charge on any atom is -0.478 e. The van der Waals surface area contributed by atoms with Crippen LogP contribution in [0.3, 0.4) is 0 Å². The topological polar surface area (TPSA) is 66.8 Å². The molecule has 1 atom stereocenters. The molecule has 0 saturated carbocycles. The second-order valence-corrected chi connectivity index (χ2v) is 3.96. The Morgan fingerprint density at radius 1 is 1.53 bits per heavy atom. The zero-order chi connectivity index (χ0) is 12.4. The maximum Gasteiger partial charge on any atom is 0.410 e. The molecule has 0 aliphatic carbocycles. The minimum atomic E-state index is -0.965. The highest BCUT2D eigenvalue weighted by Crippen LogP contribution is 2.27. The number of hydrogen-bond acceptors (Lipinski definition) is 3. The highest BCUT2D eigenvalue weighted by atomic mass is 16.6. The van der Waals surface area contributed by atoms with Crippen molar-refractivity contribution in [2.24, 2.45) is 0 Å². The molecular formula is C12H13NO4.